The number of fused-ring (bicyclic) bond motifs is 3. The molecule has 1 amide bonds. The van der Waals surface area contributed by atoms with Gasteiger partial charge in [-0.2, -0.15) is 0 Å². The molecule has 2 heterocycles. The molecule has 0 bridgehead atoms. The number of piperidine rings is 1. The maximum Gasteiger partial charge on any atom is 0.252 e. The lowest BCUT2D eigenvalue weighted by Gasteiger charge is -2.48. The van der Waals surface area contributed by atoms with Crippen molar-refractivity contribution in [3.63, 3.8) is 0 Å². The lowest BCUT2D eigenvalue weighted by atomic mass is 9.57. The van der Waals surface area contributed by atoms with Gasteiger partial charge in [0.25, 0.3) is 5.91 Å². The van der Waals surface area contributed by atoms with Crippen molar-refractivity contribution >= 4 is 17.4 Å². The molecule has 3 aliphatic carbocycles. The molecule has 2 aromatic rings. The van der Waals surface area contributed by atoms with E-state index >= 15 is 0 Å². The van der Waals surface area contributed by atoms with E-state index in [1.807, 2.05) is 6.07 Å². The van der Waals surface area contributed by atoms with Crippen molar-refractivity contribution < 1.29 is 33.7 Å². The molecule has 4 aliphatic rings. The number of Topliss-reactive ketones (excluding diaryl/α,β-unsaturated/α-hetero) is 1. The molecule has 6 rings (SSSR count). The molecule has 234 valence electrons. The second-order valence-corrected chi connectivity index (χ2v) is 13.1. The van der Waals surface area contributed by atoms with Crippen LogP contribution >= 0.6 is 0 Å². The number of benzene rings is 1. The predicted molar refractivity (Wildman–Crippen MR) is 163 cm³/mol. The number of carbonyl (C=O) groups is 2. The molecule has 1 saturated heterocycles. The van der Waals surface area contributed by atoms with Crippen molar-refractivity contribution in [2.75, 3.05) is 27.2 Å². The zero-order chi connectivity index (χ0) is 31.6. The Morgan fingerprint density at radius 2 is 1.84 bits per heavy atom. The number of phenols is 1. The number of hydrogen-bond acceptors (Lipinski definition) is 8. The number of carbonyl (C=O) groups excluding carboxylic acids is 2. The number of phenolic OH excluding ortho intramolecular Hbond substituents is 1. The Balaban J connectivity index is 1.45. The zero-order valence-corrected chi connectivity index (χ0v) is 25.6. The number of rotatable bonds is 5. The fourth-order valence-electron chi connectivity index (χ4n) is 8.09. The van der Waals surface area contributed by atoms with Crippen molar-refractivity contribution in [1.29, 1.82) is 0 Å². The third-order valence-corrected chi connectivity index (χ3v) is 9.94. The highest BCUT2D eigenvalue weighted by Gasteiger charge is 2.54. The van der Waals surface area contributed by atoms with Crippen LogP contribution in [-0.4, -0.2) is 76.2 Å². The van der Waals surface area contributed by atoms with Crippen LogP contribution in [0.1, 0.15) is 49.8 Å². The summed E-state index contributed by atoms with van der Waals surface area (Å²) in [5.74, 6) is -2.66. The summed E-state index contributed by atoms with van der Waals surface area (Å²) >= 11 is 0. The first-order valence-electron chi connectivity index (χ1n) is 15.2. The van der Waals surface area contributed by atoms with E-state index in [0.717, 1.165) is 11.1 Å². The van der Waals surface area contributed by atoms with Gasteiger partial charge in [0, 0.05) is 36.3 Å². The Morgan fingerprint density at radius 1 is 1.14 bits per heavy atom. The molecule has 10 heteroatoms. The van der Waals surface area contributed by atoms with E-state index in [9.17, 15) is 29.3 Å². The van der Waals surface area contributed by atoms with Crippen LogP contribution in [0.5, 0.6) is 5.75 Å². The Kier molecular flexibility index (Phi) is 7.70. The number of nitrogens with zero attached hydrogens (tertiary/aromatic N) is 2. The number of aromatic hydroxyl groups is 1. The fraction of sp³-hybridized carbons (Fsp3) is 0.471. The maximum absolute atomic E-state index is 14.4. The minimum Gasteiger partial charge on any atom is -0.510 e. The highest BCUT2D eigenvalue weighted by molar-refractivity contribution is 6.10. The van der Waals surface area contributed by atoms with E-state index in [1.165, 1.54) is 6.07 Å². The Labute approximate surface area is 256 Å². The number of aliphatic hydroxyl groups is 2. The molecule has 1 saturated carbocycles. The summed E-state index contributed by atoms with van der Waals surface area (Å²) in [5.41, 5.74) is 9.55. The number of amides is 1. The van der Waals surface area contributed by atoms with Crippen LogP contribution in [0, 0.1) is 17.8 Å². The van der Waals surface area contributed by atoms with Crippen LogP contribution in [0.3, 0.4) is 0 Å². The van der Waals surface area contributed by atoms with Gasteiger partial charge in [-0.1, -0.05) is 5.57 Å². The molecular formula is C34H40FN3O6. The third kappa shape index (κ3) is 4.75. The number of ketones is 1. The van der Waals surface area contributed by atoms with E-state index in [4.69, 9.17) is 10.2 Å². The number of hydrogen-bond donors (Lipinski definition) is 4. The summed E-state index contributed by atoms with van der Waals surface area (Å²) in [7, 11) is 3.58. The Hall–Kier alpha value is -3.89. The number of furan rings is 1. The molecule has 4 atom stereocenters. The normalized spacial score (nSPS) is 26.1. The van der Waals surface area contributed by atoms with Crippen molar-refractivity contribution in [2.45, 2.75) is 58.3 Å². The van der Waals surface area contributed by atoms with Crippen LogP contribution in [0.4, 0.5) is 4.39 Å². The average molecular weight is 606 g/mol. The number of alkyl halides is 1. The standard InChI is InChI=1S/C34H40FN3O6/c1-16(2)24-27-22(29(37(3)4)32(42)28(24)34(36)43)14-18-13-21-20(5-6-23(39)26(21)30(40)25(18)31(27)41)33-17(9-12-44-33)15-38-10-7-19(35)8-11-38/h5-6,9,12,18-19,22,27,29,39-40,42H,7-8,10-11,13-15H2,1-4H3,(H2,36,43)/t18?,22?,27?,29-/m0/s1. The number of primary amides is 1. The molecule has 1 aromatic heterocycles. The second kappa shape index (κ2) is 11.2. The van der Waals surface area contributed by atoms with Crippen molar-refractivity contribution in [1.82, 2.24) is 9.80 Å². The quantitative estimate of drug-likeness (QED) is 0.381. The number of likely N-dealkylation sites (N-methyl/N-ethyl adjacent to an activating group) is 1. The fourth-order valence-corrected chi connectivity index (χ4v) is 8.09. The van der Waals surface area contributed by atoms with Gasteiger partial charge in [-0.15, -0.1) is 0 Å². The number of aliphatic hydroxyl groups excluding tert-OH is 2. The molecule has 5 N–H and O–H groups in total. The van der Waals surface area contributed by atoms with Crippen LogP contribution in [0.25, 0.3) is 17.1 Å². The first-order valence-corrected chi connectivity index (χ1v) is 15.2. The van der Waals surface area contributed by atoms with Gasteiger partial charge in [-0.25, -0.2) is 4.39 Å². The molecule has 9 nitrogen and oxygen atoms in total. The molecule has 0 spiro atoms. The van der Waals surface area contributed by atoms with Gasteiger partial charge in [0.05, 0.1) is 29.4 Å². The summed E-state index contributed by atoms with van der Waals surface area (Å²) < 4.78 is 19.7. The van der Waals surface area contributed by atoms with Gasteiger partial charge in [-0.3, -0.25) is 19.4 Å². The Bertz CT molecular complexity index is 1620. The molecule has 2 fully saturated rings. The molecule has 1 aliphatic heterocycles. The minimum absolute atomic E-state index is 0.0423. The number of nitrogens with two attached hydrogens (primary N) is 1. The summed E-state index contributed by atoms with van der Waals surface area (Å²) in [6.45, 7) is 5.44. The predicted octanol–water partition coefficient (Wildman–Crippen LogP) is 4.81. The van der Waals surface area contributed by atoms with Gasteiger partial charge >= 0.3 is 0 Å². The lowest BCUT2D eigenvalue weighted by Crippen LogP contribution is -2.53. The maximum atomic E-state index is 14.4. The molecule has 0 radical (unpaired) electrons. The van der Waals surface area contributed by atoms with Gasteiger partial charge in [0.2, 0.25) is 0 Å². The Morgan fingerprint density at radius 3 is 2.48 bits per heavy atom. The highest BCUT2D eigenvalue weighted by Crippen LogP contribution is 2.54. The summed E-state index contributed by atoms with van der Waals surface area (Å²) in [6.07, 6.45) is 2.64. The number of halogens is 1. The van der Waals surface area contributed by atoms with Crippen LogP contribution in [0.2, 0.25) is 0 Å². The van der Waals surface area contributed by atoms with Gasteiger partial charge < -0.3 is 25.5 Å². The summed E-state index contributed by atoms with van der Waals surface area (Å²) in [4.78, 5) is 31.0. The van der Waals surface area contributed by atoms with Crippen molar-refractivity contribution in [2.24, 2.45) is 23.5 Å². The molecular weight excluding hydrogens is 565 g/mol. The summed E-state index contributed by atoms with van der Waals surface area (Å²) in [6, 6.07) is 4.53. The van der Waals surface area contributed by atoms with E-state index < -0.39 is 30.0 Å². The van der Waals surface area contributed by atoms with E-state index in [-0.39, 0.29) is 45.7 Å². The van der Waals surface area contributed by atoms with Crippen LogP contribution in [-0.2, 0) is 22.6 Å². The first-order chi connectivity index (χ1) is 20.9. The SMILES string of the molecule is CC(C)=C1C(C(N)=O)=C(O)[C@@H](N(C)C)C2CC3Cc4c(-c5occc5CN5CCC(F)CC5)ccc(O)c4C(O)=C3C(=O)C12. The minimum atomic E-state index is -0.809. The topological polar surface area (TPSA) is 140 Å². The summed E-state index contributed by atoms with van der Waals surface area (Å²) in [5, 5.41) is 34.1. The average Bonchev–Trinajstić information content (AvgIpc) is 3.40. The van der Waals surface area contributed by atoms with Gasteiger partial charge in [0.15, 0.2) is 5.78 Å². The monoisotopic (exact) mass is 605 g/mol. The third-order valence-electron chi connectivity index (χ3n) is 9.94. The molecule has 1 aromatic carbocycles. The molecule has 44 heavy (non-hydrogen) atoms. The van der Waals surface area contributed by atoms with Gasteiger partial charge in [-0.05, 0) is 94.8 Å². The van der Waals surface area contributed by atoms with Crippen LogP contribution in [0.15, 0.2) is 56.9 Å². The zero-order valence-electron chi connectivity index (χ0n) is 25.6. The van der Waals surface area contributed by atoms with E-state index in [0.29, 0.717) is 67.8 Å². The smallest absolute Gasteiger partial charge is 0.252 e. The van der Waals surface area contributed by atoms with Crippen molar-refractivity contribution in [3.05, 3.63) is 69.2 Å². The lowest BCUT2D eigenvalue weighted by molar-refractivity contribution is -0.123. The van der Waals surface area contributed by atoms with Crippen molar-refractivity contribution in [3.8, 4) is 17.1 Å². The van der Waals surface area contributed by atoms with E-state index in [1.54, 1.807) is 45.2 Å². The second-order valence-electron chi connectivity index (χ2n) is 13.1. The number of likely N-dealkylation sites (tertiary alicyclic amines) is 1. The van der Waals surface area contributed by atoms with E-state index in [2.05, 4.69) is 4.90 Å². The highest BCUT2D eigenvalue weighted by atomic mass is 19.1. The molecule has 3 unspecified atom stereocenters. The number of allylic oxidation sites excluding steroid dienone is 2. The van der Waals surface area contributed by atoms with Crippen LogP contribution < -0.4 is 5.73 Å². The largest absolute Gasteiger partial charge is 0.510 e. The first kappa shape index (κ1) is 30.1. The van der Waals surface area contributed by atoms with Gasteiger partial charge in [0.1, 0.15) is 29.2 Å².